The first-order chi connectivity index (χ1) is 11.9. The van der Waals surface area contributed by atoms with E-state index >= 15 is 0 Å². The Morgan fingerprint density at radius 2 is 2.28 bits per heavy atom. The molecule has 0 saturated carbocycles. The van der Waals surface area contributed by atoms with E-state index in [1.54, 1.807) is 4.90 Å². The molecule has 2 atom stereocenters. The third kappa shape index (κ3) is 3.79. The molecule has 3 heterocycles. The Labute approximate surface area is 150 Å². The summed E-state index contributed by atoms with van der Waals surface area (Å²) in [5.41, 5.74) is 0. The van der Waals surface area contributed by atoms with E-state index in [0.29, 0.717) is 13.0 Å². The van der Waals surface area contributed by atoms with Crippen LogP contribution in [0.3, 0.4) is 0 Å². The zero-order valence-electron chi connectivity index (χ0n) is 13.7. The molecule has 136 valence electrons. The third-order valence-corrected chi connectivity index (χ3v) is 6.59. The van der Waals surface area contributed by atoms with E-state index in [1.807, 2.05) is 17.5 Å². The summed E-state index contributed by atoms with van der Waals surface area (Å²) in [6.45, 7) is 0.565. The van der Waals surface area contributed by atoms with Crippen molar-refractivity contribution in [2.24, 2.45) is 0 Å². The summed E-state index contributed by atoms with van der Waals surface area (Å²) >= 11 is 1.48. The number of hydrogen-bond donors (Lipinski definition) is 2. The van der Waals surface area contributed by atoms with E-state index in [9.17, 15) is 18.3 Å². The van der Waals surface area contributed by atoms with Gasteiger partial charge in [0.05, 0.1) is 6.10 Å². The predicted octanol–water partition coefficient (Wildman–Crippen LogP) is 1.98. The molecule has 1 fully saturated rings. The average Bonchev–Trinajstić information content (AvgIpc) is 3.34. The standard InChI is InChI=1S/C16H20N2O5S2/c1-17-25(21,22)15-7-6-13(23-15)16(20)18-8-2-4-11(18)10-12(19)14-5-3-9-24-14/h3,5-7,9,11-12,17,19H,2,4,8,10H2,1H3. The molecule has 0 radical (unpaired) electrons. The minimum absolute atomic E-state index is 0.00802. The zero-order chi connectivity index (χ0) is 18.0. The molecule has 1 aliphatic rings. The molecule has 1 aliphatic heterocycles. The van der Waals surface area contributed by atoms with Gasteiger partial charge >= 0.3 is 0 Å². The molecule has 9 heteroatoms. The number of aliphatic hydroxyl groups excluding tert-OH is 1. The van der Waals surface area contributed by atoms with E-state index < -0.39 is 16.1 Å². The van der Waals surface area contributed by atoms with Gasteiger partial charge in [-0.1, -0.05) is 6.07 Å². The van der Waals surface area contributed by atoms with Gasteiger partial charge in [-0.25, -0.2) is 13.1 Å². The van der Waals surface area contributed by atoms with Crippen molar-refractivity contribution < 1.29 is 22.7 Å². The maximum absolute atomic E-state index is 12.7. The van der Waals surface area contributed by atoms with Crippen LogP contribution in [0, 0.1) is 0 Å². The van der Waals surface area contributed by atoms with Gasteiger partial charge in [-0.3, -0.25) is 4.79 Å². The van der Waals surface area contributed by atoms with Crippen LogP contribution in [0.5, 0.6) is 0 Å². The van der Waals surface area contributed by atoms with Crippen LogP contribution in [0.4, 0.5) is 0 Å². The molecule has 25 heavy (non-hydrogen) atoms. The summed E-state index contributed by atoms with van der Waals surface area (Å²) in [5, 5.41) is 12.0. The lowest BCUT2D eigenvalue weighted by atomic mass is 10.1. The number of amides is 1. The second-order valence-corrected chi connectivity index (χ2v) is 8.68. The van der Waals surface area contributed by atoms with Gasteiger partial charge in [0, 0.05) is 17.5 Å². The van der Waals surface area contributed by atoms with Gasteiger partial charge in [0.25, 0.3) is 15.9 Å². The highest BCUT2D eigenvalue weighted by molar-refractivity contribution is 7.89. The van der Waals surface area contributed by atoms with E-state index in [0.717, 1.165) is 17.7 Å². The number of rotatable bonds is 6. The molecule has 1 amide bonds. The van der Waals surface area contributed by atoms with Crippen molar-refractivity contribution in [2.45, 2.75) is 36.5 Å². The van der Waals surface area contributed by atoms with Crippen LogP contribution in [0.25, 0.3) is 0 Å². The fourth-order valence-corrected chi connectivity index (χ4v) is 4.40. The van der Waals surface area contributed by atoms with Gasteiger partial charge in [-0.05, 0) is 49.9 Å². The Balaban J connectivity index is 1.73. The van der Waals surface area contributed by atoms with E-state index in [-0.39, 0.29) is 22.8 Å². The Morgan fingerprint density at radius 3 is 2.96 bits per heavy atom. The summed E-state index contributed by atoms with van der Waals surface area (Å²) in [5.74, 6) is -0.357. The molecule has 2 aromatic rings. The highest BCUT2D eigenvalue weighted by atomic mass is 32.2. The second-order valence-electron chi connectivity index (χ2n) is 5.89. The Morgan fingerprint density at radius 1 is 1.48 bits per heavy atom. The molecule has 0 spiro atoms. The molecule has 2 aromatic heterocycles. The first-order valence-electron chi connectivity index (χ1n) is 7.98. The molecule has 0 aliphatic carbocycles. The maximum atomic E-state index is 12.7. The normalized spacial score (nSPS) is 19.3. The molecular formula is C16H20N2O5S2. The van der Waals surface area contributed by atoms with Crippen LogP contribution >= 0.6 is 11.3 Å². The van der Waals surface area contributed by atoms with Crippen molar-refractivity contribution in [3.63, 3.8) is 0 Å². The van der Waals surface area contributed by atoms with Crippen molar-refractivity contribution >= 4 is 27.3 Å². The first kappa shape index (κ1) is 18.1. The Hall–Kier alpha value is -1.68. The average molecular weight is 384 g/mol. The molecule has 3 rings (SSSR count). The molecule has 2 N–H and O–H groups in total. The molecule has 1 saturated heterocycles. The SMILES string of the molecule is CNS(=O)(=O)c1ccc(C(=O)N2CCCC2CC(O)c2cccs2)o1. The molecule has 7 nitrogen and oxygen atoms in total. The van der Waals surface area contributed by atoms with Crippen molar-refractivity contribution in [2.75, 3.05) is 13.6 Å². The summed E-state index contributed by atoms with van der Waals surface area (Å²) in [6, 6.07) is 6.30. The van der Waals surface area contributed by atoms with Gasteiger partial charge in [0.1, 0.15) is 0 Å². The number of nitrogens with zero attached hydrogens (tertiary/aromatic N) is 1. The summed E-state index contributed by atoms with van der Waals surface area (Å²) in [6.07, 6.45) is 1.48. The molecule has 0 bridgehead atoms. The maximum Gasteiger partial charge on any atom is 0.289 e. The minimum atomic E-state index is -3.72. The second kappa shape index (κ2) is 7.28. The number of likely N-dealkylation sites (tertiary alicyclic amines) is 1. The molecule has 0 aromatic carbocycles. The smallest absolute Gasteiger partial charge is 0.289 e. The summed E-state index contributed by atoms with van der Waals surface area (Å²) in [4.78, 5) is 15.2. The lowest BCUT2D eigenvalue weighted by molar-refractivity contribution is 0.0634. The zero-order valence-corrected chi connectivity index (χ0v) is 15.3. The number of furan rings is 1. The van der Waals surface area contributed by atoms with Gasteiger partial charge in [0.15, 0.2) is 5.76 Å². The lowest BCUT2D eigenvalue weighted by Crippen LogP contribution is -2.36. The molecular weight excluding hydrogens is 364 g/mol. The number of carbonyl (C=O) groups is 1. The number of carbonyl (C=O) groups excluding carboxylic acids is 1. The topological polar surface area (TPSA) is 99.9 Å². The van der Waals surface area contributed by atoms with Crippen LogP contribution in [0.15, 0.2) is 39.2 Å². The quantitative estimate of drug-likeness (QED) is 0.793. The number of thiophene rings is 1. The fourth-order valence-electron chi connectivity index (χ4n) is 3.02. The van der Waals surface area contributed by atoms with Gasteiger partial charge < -0.3 is 14.4 Å². The highest BCUT2D eigenvalue weighted by Crippen LogP contribution is 2.30. The van der Waals surface area contributed by atoms with Gasteiger partial charge in [0.2, 0.25) is 5.09 Å². The Bertz CT molecular complexity index is 829. The highest BCUT2D eigenvalue weighted by Gasteiger charge is 2.33. The number of hydrogen-bond acceptors (Lipinski definition) is 6. The number of sulfonamides is 1. The lowest BCUT2D eigenvalue weighted by Gasteiger charge is -2.25. The predicted molar refractivity (Wildman–Crippen MR) is 92.9 cm³/mol. The molecule has 2 unspecified atom stereocenters. The largest absolute Gasteiger partial charge is 0.438 e. The fraction of sp³-hybridized carbons (Fsp3) is 0.438. The van der Waals surface area contributed by atoms with Crippen LogP contribution in [0.1, 0.15) is 40.8 Å². The number of aliphatic hydroxyl groups is 1. The van der Waals surface area contributed by atoms with Crippen molar-refractivity contribution in [3.05, 3.63) is 40.3 Å². The van der Waals surface area contributed by atoms with Crippen LogP contribution in [-0.4, -0.2) is 44.0 Å². The van der Waals surface area contributed by atoms with Crippen molar-refractivity contribution in [3.8, 4) is 0 Å². The monoisotopic (exact) mass is 384 g/mol. The van der Waals surface area contributed by atoms with E-state index in [1.165, 1.54) is 30.5 Å². The summed E-state index contributed by atoms with van der Waals surface area (Å²) in [7, 11) is -2.44. The third-order valence-electron chi connectivity index (χ3n) is 4.33. The Kier molecular flexibility index (Phi) is 5.28. The van der Waals surface area contributed by atoms with Crippen molar-refractivity contribution in [1.82, 2.24) is 9.62 Å². The van der Waals surface area contributed by atoms with Gasteiger partial charge in [-0.2, -0.15) is 0 Å². The van der Waals surface area contributed by atoms with Gasteiger partial charge in [-0.15, -0.1) is 11.3 Å². The van der Waals surface area contributed by atoms with Crippen molar-refractivity contribution in [1.29, 1.82) is 0 Å². The summed E-state index contributed by atoms with van der Waals surface area (Å²) < 4.78 is 30.9. The van der Waals surface area contributed by atoms with Crippen LogP contribution < -0.4 is 4.72 Å². The van der Waals surface area contributed by atoms with E-state index in [2.05, 4.69) is 4.72 Å². The van der Waals surface area contributed by atoms with Crippen LogP contribution in [0.2, 0.25) is 0 Å². The van der Waals surface area contributed by atoms with Crippen LogP contribution in [-0.2, 0) is 10.0 Å². The first-order valence-corrected chi connectivity index (χ1v) is 10.3. The minimum Gasteiger partial charge on any atom is -0.438 e. The number of nitrogens with one attached hydrogen (secondary N) is 1. The van der Waals surface area contributed by atoms with E-state index in [4.69, 9.17) is 4.42 Å².